The molecule has 0 aliphatic rings. The maximum atomic E-state index is 11.8. The van der Waals surface area contributed by atoms with Gasteiger partial charge in [0.05, 0.1) is 24.0 Å². The normalized spacial score (nSPS) is 11.2. The molecular formula is C9H10F3N3O. The summed E-state index contributed by atoms with van der Waals surface area (Å²) in [5.74, 6) is -0.727. The van der Waals surface area contributed by atoms with Crippen molar-refractivity contribution in [2.45, 2.75) is 19.0 Å². The van der Waals surface area contributed by atoms with Crippen LogP contribution in [0.4, 0.5) is 24.5 Å². The number of nitrogens with zero attached hydrogens (tertiary/aromatic N) is 1. The number of rotatable bonds is 3. The maximum absolute atomic E-state index is 11.8. The number of amides is 1. The van der Waals surface area contributed by atoms with Crippen molar-refractivity contribution in [2.24, 2.45) is 0 Å². The van der Waals surface area contributed by atoms with Crippen molar-refractivity contribution >= 4 is 17.3 Å². The fraction of sp³-hybridized carbons (Fsp3) is 0.333. The number of halogens is 3. The highest BCUT2D eigenvalue weighted by molar-refractivity contribution is 5.93. The number of anilines is 2. The summed E-state index contributed by atoms with van der Waals surface area (Å²) in [4.78, 5) is 14.8. The summed E-state index contributed by atoms with van der Waals surface area (Å²) in [6.45, 7) is 0. The predicted octanol–water partition coefficient (Wildman–Crippen LogP) is 1.94. The van der Waals surface area contributed by atoms with Crippen LogP contribution >= 0.6 is 0 Å². The Morgan fingerprint density at radius 2 is 2.19 bits per heavy atom. The highest BCUT2D eigenvalue weighted by atomic mass is 19.4. The molecule has 4 nitrogen and oxygen atoms in total. The van der Waals surface area contributed by atoms with Crippen molar-refractivity contribution in [3.63, 3.8) is 0 Å². The van der Waals surface area contributed by atoms with Crippen LogP contribution in [0.15, 0.2) is 18.5 Å². The van der Waals surface area contributed by atoms with Gasteiger partial charge in [0.1, 0.15) is 0 Å². The van der Waals surface area contributed by atoms with E-state index in [-0.39, 0.29) is 11.4 Å². The highest BCUT2D eigenvalue weighted by Gasteiger charge is 2.27. The van der Waals surface area contributed by atoms with Crippen LogP contribution in [-0.4, -0.2) is 17.1 Å². The summed E-state index contributed by atoms with van der Waals surface area (Å²) in [6.07, 6.45) is -3.41. The predicted molar refractivity (Wildman–Crippen MR) is 52.6 cm³/mol. The van der Waals surface area contributed by atoms with Gasteiger partial charge in [-0.15, -0.1) is 0 Å². The maximum Gasteiger partial charge on any atom is 0.389 e. The molecule has 0 spiro atoms. The number of aromatic nitrogens is 1. The lowest BCUT2D eigenvalue weighted by Gasteiger charge is -2.08. The molecule has 0 saturated carbocycles. The summed E-state index contributed by atoms with van der Waals surface area (Å²) in [5, 5.41) is 2.28. The van der Waals surface area contributed by atoms with E-state index in [0.717, 1.165) is 0 Å². The highest BCUT2D eigenvalue weighted by Crippen LogP contribution is 2.22. The molecule has 0 saturated heterocycles. The third kappa shape index (κ3) is 4.16. The van der Waals surface area contributed by atoms with Gasteiger partial charge < -0.3 is 11.1 Å². The Morgan fingerprint density at radius 3 is 2.75 bits per heavy atom. The second-order valence-corrected chi connectivity index (χ2v) is 3.13. The SMILES string of the molecule is Nc1cnccc1NC(=O)CCC(F)(F)F. The second-order valence-electron chi connectivity index (χ2n) is 3.13. The average Bonchev–Trinajstić information content (AvgIpc) is 2.18. The molecule has 1 aromatic heterocycles. The van der Waals surface area contributed by atoms with Crippen LogP contribution in [-0.2, 0) is 4.79 Å². The molecule has 1 aromatic rings. The number of nitrogens with one attached hydrogen (secondary N) is 1. The topological polar surface area (TPSA) is 68.0 Å². The van der Waals surface area contributed by atoms with E-state index in [9.17, 15) is 18.0 Å². The van der Waals surface area contributed by atoms with Gasteiger partial charge in [-0.1, -0.05) is 0 Å². The average molecular weight is 233 g/mol. The number of pyridine rings is 1. The van der Waals surface area contributed by atoms with E-state index in [0.29, 0.717) is 0 Å². The van der Waals surface area contributed by atoms with E-state index in [4.69, 9.17) is 5.73 Å². The van der Waals surface area contributed by atoms with Crippen LogP contribution in [0.5, 0.6) is 0 Å². The minimum absolute atomic E-state index is 0.211. The molecule has 1 rings (SSSR count). The largest absolute Gasteiger partial charge is 0.396 e. The van der Waals surface area contributed by atoms with Gasteiger partial charge >= 0.3 is 6.18 Å². The molecule has 88 valence electrons. The van der Waals surface area contributed by atoms with Gasteiger partial charge in [0.15, 0.2) is 0 Å². The molecule has 0 fully saturated rings. The number of carbonyl (C=O) groups is 1. The number of nitrogen functional groups attached to an aromatic ring is 1. The van der Waals surface area contributed by atoms with Crippen LogP contribution < -0.4 is 11.1 Å². The summed E-state index contributed by atoms with van der Waals surface area (Å²) < 4.78 is 35.5. The van der Waals surface area contributed by atoms with Gasteiger partial charge in [0.25, 0.3) is 0 Å². The molecule has 0 atom stereocenters. The standard InChI is InChI=1S/C9H10F3N3O/c10-9(11,12)3-1-8(16)15-7-2-4-14-5-6(7)13/h2,4-5H,1,3,13H2,(H,14,15,16). The van der Waals surface area contributed by atoms with E-state index >= 15 is 0 Å². The molecular weight excluding hydrogens is 223 g/mol. The van der Waals surface area contributed by atoms with Crippen molar-refractivity contribution in [1.82, 2.24) is 4.98 Å². The Kier molecular flexibility index (Phi) is 3.70. The number of nitrogens with two attached hydrogens (primary N) is 1. The molecule has 7 heteroatoms. The molecule has 1 amide bonds. The second kappa shape index (κ2) is 4.82. The van der Waals surface area contributed by atoms with Gasteiger partial charge in [0.2, 0.25) is 5.91 Å². The number of hydrogen-bond acceptors (Lipinski definition) is 3. The lowest BCUT2D eigenvalue weighted by atomic mass is 10.2. The Labute approximate surface area is 89.7 Å². The van der Waals surface area contributed by atoms with Gasteiger partial charge in [-0.3, -0.25) is 9.78 Å². The minimum Gasteiger partial charge on any atom is -0.396 e. The van der Waals surface area contributed by atoms with E-state index in [1.807, 2.05) is 0 Å². The summed E-state index contributed by atoms with van der Waals surface area (Å²) in [6, 6.07) is 1.42. The van der Waals surface area contributed by atoms with E-state index in [1.54, 1.807) is 0 Å². The van der Waals surface area contributed by atoms with Crippen LogP contribution in [0.3, 0.4) is 0 Å². The lowest BCUT2D eigenvalue weighted by molar-refractivity contribution is -0.142. The first-order valence-electron chi connectivity index (χ1n) is 4.44. The molecule has 0 unspecified atom stereocenters. The fourth-order valence-electron chi connectivity index (χ4n) is 0.988. The minimum atomic E-state index is -4.33. The fourth-order valence-corrected chi connectivity index (χ4v) is 0.988. The zero-order valence-corrected chi connectivity index (χ0v) is 8.21. The molecule has 0 bridgehead atoms. The lowest BCUT2D eigenvalue weighted by Crippen LogP contribution is -2.17. The van der Waals surface area contributed by atoms with Crippen LogP contribution in [0.1, 0.15) is 12.8 Å². The molecule has 0 aliphatic heterocycles. The van der Waals surface area contributed by atoms with Crippen molar-refractivity contribution in [3.8, 4) is 0 Å². The van der Waals surface area contributed by atoms with Crippen molar-refractivity contribution in [3.05, 3.63) is 18.5 Å². The molecule has 1 heterocycles. The number of hydrogen-bond donors (Lipinski definition) is 2. The van der Waals surface area contributed by atoms with E-state index < -0.39 is 24.9 Å². The van der Waals surface area contributed by atoms with E-state index in [1.165, 1.54) is 18.5 Å². The van der Waals surface area contributed by atoms with Crippen molar-refractivity contribution < 1.29 is 18.0 Å². The first-order valence-corrected chi connectivity index (χ1v) is 4.44. The van der Waals surface area contributed by atoms with Crippen molar-refractivity contribution in [1.29, 1.82) is 0 Å². The molecule has 0 radical (unpaired) electrons. The molecule has 0 aromatic carbocycles. The van der Waals surface area contributed by atoms with Gasteiger partial charge in [0, 0.05) is 12.6 Å². The van der Waals surface area contributed by atoms with Crippen molar-refractivity contribution in [2.75, 3.05) is 11.1 Å². The first-order chi connectivity index (χ1) is 7.38. The summed E-state index contributed by atoms with van der Waals surface area (Å²) >= 11 is 0. The Morgan fingerprint density at radius 1 is 1.50 bits per heavy atom. The molecule has 16 heavy (non-hydrogen) atoms. The third-order valence-corrected chi connectivity index (χ3v) is 1.76. The van der Waals surface area contributed by atoms with Crippen LogP contribution in [0.2, 0.25) is 0 Å². The van der Waals surface area contributed by atoms with E-state index in [2.05, 4.69) is 10.3 Å². The quantitative estimate of drug-likeness (QED) is 0.838. The number of alkyl halides is 3. The first kappa shape index (κ1) is 12.3. The molecule has 3 N–H and O–H groups in total. The summed E-state index contributed by atoms with van der Waals surface area (Å²) in [5.41, 5.74) is 5.93. The van der Waals surface area contributed by atoms with Crippen LogP contribution in [0.25, 0.3) is 0 Å². The molecule has 0 aliphatic carbocycles. The Hall–Kier alpha value is -1.79. The monoisotopic (exact) mass is 233 g/mol. The van der Waals surface area contributed by atoms with Gasteiger partial charge in [-0.05, 0) is 6.07 Å². The zero-order valence-electron chi connectivity index (χ0n) is 8.21. The third-order valence-electron chi connectivity index (χ3n) is 1.76. The number of carbonyl (C=O) groups excluding carboxylic acids is 1. The zero-order chi connectivity index (χ0) is 12.2. The smallest absolute Gasteiger partial charge is 0.389 e. The Balaban J connectivity index is 2.50. The van der Waals surface area contributed by atoms with Gasteiger partial charge in [-0.2, -0.15) is 13.2 Å². The van der Waals surface area contributed by atoms with Gasteiger partial charge in [-0.25, -0.2) is 0 Å². The van der Waals surface area contributed by atoms with Crippen LogP contribution in [0, 0.1) is 0 Å². The Bertz CT molecular complexity index is 379. The summed E-state index contributed by atoms with van der Waals surface area (Å²) in [7, 11) is 0.